The van der Waals surface area contributed by atoms with Crippen molar-refractivity contribution in [3.05, 3.63) is 17.5 Å². The van der Waals surface area contributed by atoms with Gasteiger partial charge in [0.2, 0.25) is 0 Å². The van der Waals surface area contributed by atoms with Crippen molar-refractivity contribution in [1.82, 2.24) is 4.98 Å². The average Bonchev–Trinajstić information content (AvgIpc) is 2.30. The van der Waals surface area contributed by atoms with Crippen LogP contribution in [-0.2, 0) is 16.0 Å². The Balaban J connectivity index is 3.24. The van der Waals surface area contributed by atoms with Crippen LogP contribution in [0.2, 0.25) is 0 Å². The summed E-state index contributed by atoms with van der Waals surface area (Å²) in [5, 5.41) is 9.25. The SMILES string of the molecule is COC(=O)Cc1cc(OC(F)(F)F)c(O)c(C(F)F)n1. The van der Waals surface area contributed by atoms with Gasteiger partial charge in [0.1, 0.15) is 0 Å². The Bertz CT molecular complexity index is 503. The third-order valence-corrected chi connectivity index (χ3v) is 2.02. The number of methoxy groups -OCH3 is 1. The van der Waals surface area contributed by atoms with E-state index in [0.717, 1.165) is 7.11 Å². The molecule has 20 heavy (non-hydrogen) atoms. The molecular formula is C10H8F5NO4. The summed E-state index contributed by atoms with van der Waals surface area (Å²) in [6, 6.07) is 0.533. The lowest BCUT2D eigenvalue weighted by Gasteiger charge is -2.13. The van der Waals surface area contributed by atoms with Gasteiger partial charge in [0.15, 0.2) is 17.2 Å². The van der Waals surface area contributed by atoms with Crippen LogP contribution in [0.3, 0.4) is 0 Å². The molecule has 0 saturated heterocycles. The molecule has 0 spiro atoms. The van der Waals surface area contributed by atoms with Crippen molar-refractivity contribution in [3.8, 4) is 11.5 Å². The highest BCUT2D eigenvalue weighted by Crippen LogP contribution is 2.38. The Hall–Kier alpha value is -2.13. The fraction of sp³-hybridized carbons (Fsp3) is 0.400. The number of aromatic nitrogens is 1. The van der Waals surface area contributed by atoms with Gasteiger partial charge in [-0.2, -0.15) is 0 Å². The second-order valence-electron chi connectivity index (χ2n) is 3.45. The van der Waals surface area contributed by atoms with Crippen molar-refractivity contribution in [3.63, 3.8) is 0 Å². The zero-order valence-electron chi connectivity index (χ0n) is 9.87. The summed E-state index contributed by atoms with van der Waals surface area (Å²) < 4.78 is 69.0. The number of carbonyl (C=O) groups is 1. The van der Waals surface area contributed by atoms with Gasteiger partial charge in [-0.1, -0.05) is 0 Å². The van der Waals surface area contributed by atoms with E-state index in [1.165, 1.54) is 0 Å². The minimum atomic E-state index is -5.19. The van der Waals surface area contributed by atoms with Gasteiger partial charge in [-0.3, -0.25) is 4.79 Å². The van der Waals surface area contributed by atoms with Crippen molar-refractivity contribution in [2.24, 2.45) is 0 Å². The van der Waals surface area contributed by atoms with Gasteiger partial charge in [0, 0.05) is 6.07 Å². The van der Waals surface area contributed by atoms with Crippen molar-refractivity contribution in [2.75, 3.05) is 7.11 Å². The predicted octanol–water partition coefficient (Wildman–Crippen LogP) is 2.34. The molecule has 0 amide bonds. The molecule has 1 rings (SSSR count). The molecule has 0 saturated carbocycles. The molecule has 0 radical (unpaired) electrons. The monoisotopic (exact) mass is 301 g/mol. The summed E-state index contributed by atoms with van der Waals surface area (Å²) in [6.45, 7) is 0. The van der Waals surface area contributed by atoms with Crippen LogP contribution in [0.5, 0.6) is 11.5 Å². The number of rotatable bonds is 4. The molecule has 0 bridgehead atoms. The Morgan fingerprint density at radius 2 is 2.05 bits per heavy atom. The summed E-state index contributed by atoms with van der Waals surface area (Å²) in [6.07, 6.45) is -9.19. The first kappa shape index (κ1) is 15.9. The van der Waals surface area contributed by atoms with Crippen molar-refractivity contribution >= 4 is 5.97 Å². The number of aromatic hydroxyl groups is 1. The lowest BCUT2D eigenvalue weighted by Crippen LogP contribution is -2.18. The maximum Gasteiger partial charge on any atom is 0.573 e. The van der Waals surface area contributed by atoms with E-state index >= 15 is 0 Å². The second kappa shape index (κ2) is 5.88. The zero-order valence-corrected chi connectivity index (χ0v) is 9.87. The molecule has 0 aliphatic carbocycles. The molecular weight excluding hydrogens is 293 g/mol. The number of alkyl halides is 5. The second-order valence-corrected chi connectivity index (χ2v) is 3.45. The maximum atomic E-state index is 12.6. The molecule has 112 valence electrons. The molecule has 1 heterocycles. The smallest absolute Gasteiger partial charge is 0.503 e. The molecule has 1 N–H and O–H groups in total. The lowest BCUT2D eigenvalue weighted by atomic mass is 10.2. The highest BCUT2D eigenvalue weighted by atomic mass is 19.4. The number of carbonyl (C=O) groups excluding carboxylic acids is 1. The van der Waals surface area contributed by atoms with Crippen LogP contribution < -0.4 is 4.74 Å². The molecule has 0 aromatic carbocycles. The molecule has 10 heteroatoms. The van der Waals surface area contributed by atoms with Crippen LogP contribution in [0.1, 0.15) is 17.8 Å². The van der Waals surface area contributed by atoms with Crippen LogP contribution in [-0.4, -0.2) is 29.5 Å². The largest absolute Gasteiger partial charge is 0.573 e. The van der Waals surface area contributed by atoms with Crippen LogP contribution in [0.15, 0.2) is 6.07 Å². The van der Waals surface area contributed by atoms with E-state index in [0.29, 0.717) is 6.07 Å². The Labute approximate surface area is 108 Å². The van der Waals surface area contributed by atoms with Gasteiger partial charge in [-0.05, 0) is 0 Å². The van der Waals surface area contributed by atoms with Gasteiger partial charge in [-0.25, -0.2) is 13.8 Å². The standard InChI is InChI=1S/C10H8F5NO4/c1-19-6(17)3-4-2-5(20-10(13,14)15)8(18)7(16-4)9(11)12/h2,9,18H,3H2,1H3. The fourth-order valence-corrected chi connectivity index (χ4v) is 1.25. The van der Waals surface area contributed by atoms with Gasteiger partial charge >= 0.3 is 12.3 Å². The summed E-state index contributed by atoms with van der Waals surface area (Å²) in [5.74, 6) is -3.60. The zero-order chi connectivity index (χ0) is 15.5. The molecule has 0 fully saturated rings. The van der Waals surface area contributed by atoms with Crippen LogP contribution in [0.4, 0.5) is 22.0 Å². The van der Waals surface area contributed by atoms with E-state index < -0.39 is 48.1 Å². The number of halogens is 5. The van der Waals surface area contributed by atoms with Gasteiger partial charge < -0.3 is 14.6 Å². The minimum Gasteiger partial charge on any atom is -0.503 e. The number of esters is 1. The van der Waals surface area contributed by atoms with E-state index in [1.807, 2.05) is 0 Å². The first-order valence-electron chi connectivity index (χ1n) is 4.97. The summed E-state index contributed by atoms with van der Waals surface area (Å²) in [4.78, 5) is 14.2. The van der Waals surface area contributed by atoms with E-state index in [-0.39, 0.29) is 0 Å². The maximum absolute atomic E-state index is 12.6. The molecule has 0 aliphatic rings. The predicted molar refractivity (Wildman–Crippen MR) is 53.3 cm³/mol. The average molecular weight is 301 g/mol. The van der Waals surface area contributed by atoms with E-state index in [2.05, 4.69) is 14.5 Å². The van der Waals surface area contributed by atoms with Crippen molar-refractivity contribution in [2.45, 2.75) is 19.2 Å². The summed E-state index contributed by atoms with van der Waals surface area (Å²) in [5.41, 5.74) is -1.77. The third-order valence-electron chi connectivity index (χ3n) is 2.02. The van der Waals surface area contributed by atoms with Crippen molar-refractivity contribution < 1.29 is 41.3 Å². The molecule has 5 nitrogen and oxygen atoms in total. The highest BCUT2D eigenvalue weighted by molar-refractivity contribution is 5.72. The van der Waals surface area contributed by atoms with Gasteiger partial charge in [0.05, 0.1) is 19.2 Å². The van der Waals surface area contributed by atoms with E-state index in [4.69, 9.17) is 0 Å². The topological polar surface area (TPSA) is 68.7 Å². The highest BCUT2D eigenvalue weighted by Gasteiger charge is 2.34. The number of hydrogen-bond donors (Lipinski definition) is 1. The summed E-state index contributed by atoms with van der Waals surface area (Å²) in [7, 11) is 1.00. The Kier molecular flexibility index (Phi) is 4.69. The lowest BCUT2D eigenvalue weighted by molar-refractivity contribution is -0.275. The Morgan fingerprint density at radius 1 is 1.45 bits per heavy atom. The molecule has 0 unspecified atom stereocenters. The van der Waals surface area contributed by atoms with E-state index in [9.17, 15) is 31.9 Å². The third kappa shape index (κ3) is 4.21. The number of nitrogens with zero attached hydrogens (tertiary/aromatic N) is 1. The number of hydrogen-bond acceptors (Lipinski definition) is 5. The van der Waals surface area contributed by atoms with Crippen LogP contribution >= 0.6 is 0 Å². The Morgan fingerprint density at radius 3 is 2.50 bits per heavy atom. The van der Waals surface area contributed by atoms with E-state index in [1.54, 1.807) is 0 Å². The first-order valence-corrected chi connectivity index (χ1v) is 4.97. The number of pyridine rings is 1. The van der Waals surface area contributed by atoms with Gasteiger partial charge in [-0.15, -0.1) is 13.2 Å². The fourth-order valence-electron chi connectivity index (χ4n) is 1.25. The van der Waals surface area contributed by atoms with Crippen LogP contribution in [0.25, 0.3) is 0 Å². The molecule has 1 aromatic rings. The summed E-state index contributed by atoms with van der Waals surface area (Å²) >= 11 is 0. The normalized spacial score (nSPS) is 11.6. The molecule has 1 aromatic heterocycles. The molecule has 0 aliphatic heterocycles. The molecule has 0 atom stereocenters. The number of ether oxygens (including phenoxy) is 2. The van der Waals surface area contributed by atoms with Crippen LogP contribution in [0, 0.1) is 0 Å². The van der Waals surface area contributed by atoms with Gasteiger partial charge in [0.25, 0.3) is 6.43 Å². The van der Waals surface area contributed by atoms with Crippen molar-refractivity contribution in [1.29, 1.82) is 0 Å². The minimum absolute atomic E-state index is 0.454. The first-order chi connectivity index (χ1) is 9.14. The quantitative estimate of drug-likeness (QED) is 0.683.